The van der Waals surface area contributed by atoms with Crippen LogP contribution in [0.25, 0.3) is 10.2 Å². The van der Waals surface area contributed by atoms with Crippen molar-refractivity contribution in [3.05, 3.63) is 61.5 Å². The summed E-state index contributed by atoms with van der Waals surface area (Å²) in [5.41, 5.74) is 2.45. The number of nitrogens with one attached hydrogen (secondary N) is 1. The molecule has 0 fully saturated rings. The largest absolute Gasteiger partial charge is 0.332 e. The van der Waals surface area contributed by atoms with Gasteiger partial charge in [-0.15, -0.1) is 11.3 Å². The van der Waals surface area contributed by atoms with Crippen LogP contribution in [0.1, 0.15) is 61.1 Å². The number of aromatic nitrogens is 2. The molecule has 6 heteroatoms. The number of quaternary nitrogens is 1. The summed E-state index contributed by atoms with van der Waals surface area (Å²) in [5.74, 6) is 1.44. The molecule has 0 aliphatic heterocycles. The van der Waals surface area contributed by atoms with E-state index >= 15 is 0 Å². The normalized spacial score (nSPS) is 19.0. The van der Waals surface area contributed by atoms with Gasteiger partial charge in [0.15, 0.2) is 5.82 Å². The Morgan fingerprint density at radius 3 is 2.74 bits per heavy atom. The summed E-state index contributed by atoms with van der Waals surface area (Å²) in [6.07, 6.45) is 3.22. The number of nitrogens with zero attached hydrogens (tertiary/aromatic N) is 1. The predicted molar refractivity (Wildman–Crippen MR) is 112 cm³/mol. The molecule has 2 heterocycles. The summed E-state index contributed by atoms with van der Waals surface area (Å²) in [5, 5.41) is 3.79. The van der Waals surface area contributed by atoms with Crippen LogP contribution >= 0.6 is 22.9 Å². The van der Waals surface area contributed by atoms with Gasteiger partial charge in [-0.1, -0.05) is 30.7 Å². The van der Waals surface area contributed by atoms with E-state index in [4.69, 9.17) is 16.6 Å². The molecule has 0 saturated heterocycles. The Morgan fingerprint density at radius 1 is 1.26 bits per heavy atom. The average molecular weight is 403 g/mol. The van der Waals surface area contributed by atoms with Crippen LogP contribution in [0.5, 0.6) is 0 Å². The fourth-order valence-electron chi connectivity index (χ4n) is 3.98. The summed E-state index contributed by atoms with van der Waals surface area (Å²) in [7, 11) is 0. The van der Waals surface area contributed by atoms with E-state index in [9.17, 15) is 4.79 Å². The van der Waals surface area contributed by atoms with E-state index in [-0.39, 0.29) is 17.6 Å². The minimum absolute atomic E-state index is 0.0152. The fraction of sp³-hybridized carbons (Fsp3) is 0.429. The number of hydrogen-bond donors (Lipinski definition) is 2. The number of fused-ring (bicyclic) bond motifs is 3. The van der Waals surface area contributed by atoms with Gasteiger partial charge in [-0.25, -0.2) is 4.98 Å². The number of halogens is 1. The van der Waals surface area contributed by atoms with Gasteiger partial charge in [0.1, 0.15) is 16.9 Å². The van der Waals surface area contributed by atoms with Gasteiger partial charge in [0.05, 0.1) is 5.39 Å². The Labute approximate surface area is 168 Å². The van der Waals surface area contributed by atoms with Gasteiger partial charge in [0, 0.05) is 15.5 Å². The third-order valence-electron chi connectivity index (χ3n) is 5.59. The molecule has 3 atom stereocenters. The number of hydrogen-bond acceptors (Lipinski definition) is 3. The number of H-pyrrole nitrogens is 1. The van der Waals surface area contributed by atoms with Crippen molar-refractivity contribution in [2.75, 3.05) is 0 Å². The van der Waals surface area contributed by atoms with Gasteiger partial charge >= 0.3 is 0 Å². The minimum Gasteiger partial charge on any atom is -0.332 e. The zero-order valence-corrected chi connectivity index (χ0v) is 17.5. The average Bonchev–Trinajstić information content (AvgIpc) is 2.99. The summed E-state index contributed by atoms with van der Waals surface area (Å²) in [4.78, 5) is 22.9. The number of rotatable bonds is 4. The number of aryl methyl sites for hydroxylation is 1. The third kappa shape index (κ3) is 3.68. The van der Waals surface area contributed by atoms with Crippen molar-refractivity contribution in [2.45, 2.75) is 52.1 Å². The highest BCUT2D eigenvalue weighted by Gasteiger charge is 2.25. The lowest BCUT2D eigenvalue weighted by Crippen LogP contribution is -2.85. The first-order chi connectivity index (χ1) is 12.9. The Balaban J connectivity index is 1.61. The fourth-order valence-corrected chi connectivity index (χ4v) is 5.50. The Morgan fingerprint density at radius 2 is 2.00 bits per heavy atom. The first-order valence-corrected chi connectivity index (χ1v) is 10.8. The van der Waals surface area contributed by atoms with Gasteiger partial charge in [-0.3, -0.25) is 4.79 Å². The molecule has 1 aromatic carbocycles. The molecule has 3 aromatic rings. The molecule has 3 N–H and O–H groups in total. The van der Waals surface area contributed by atoms with Crippen LogP contribution in [-0.4, -0.2) is 9.97 Å². The molecular formula is C21H25ClN3OS+. The van der Waals surface area contributed by atoms with Gasteiger partial charge < -0.3 is 10.3 Å². The maximum Gasteiger partial charge on any atom is 0.260 e. The Kier molecular flexibility index (Phi) is 5.10. The van der Waals surface area contributed by atoms with Crippen molar-refractivity contribution in [1.82, 2.24) is 9.97 Å². The van der Waals surface area contributed by atoms with E-state index in [1.54, 1.807) is 11.3 Å². The van der Waals surface area contributed by atoms with E-state index in [2.05, 4.69) is 31.1 Å². The first-order valence-electron chi connectivity index (χ1n) is 9.57. The van der Waals surface area contributed by atoms with Crippen molar-refractivity contribution in [1.29, 1.82) is 0 Å². The highest BCUT2D eigenvalue weighted by molar-refractivity contribution is 7.18. The molecule has 0 unspecified atom stereocenters. The number of nitrogens with two attached hydrogens (primary N) is 1. The van der Waals surface area contributed by atoms with E-state index in [1.165, 1.54) is 16.0 Å². The van der Waals surface area contributed by atoms with E-state index < -0.39 is 0 Å². The summed E-state index contributed by atoms with van der Waals surface area (Å²) < 4.78 is 0. The zero-order valence-electron chi connectivity index (χ0n) is 15.9. The smallest absolute Gasteiger partial charge is 0.260 e. The highest BCUT2D eigenvalue weighted by atomic mass is 35.5. The van der Waals surface area contributed by atoms with Crippen LogP contribution < -0.4 is 10.9 Å². The molecule has 27 heavy (non-hydrogen) atoms. The number of benzene rings is 1. The van der Waals surface area contributed by atoms with Crippen molar-refractivity contribution in [2.24, 2.45) is 5.92 Å². The molecular weight excluding hydrogens is 378 g/mol. The standard InChI is InChI=1S/C21H24ClN3OS/c1-11-4-9-16-17(10-11)27-21-18(16)20(26)24-19(25-21)13(3)23-12(2)14-5-7-15(22)8-6-14/h5-8,11-13,23H,4,9-10H2,1-3H3,(H,24,25,26)/p+1/t11-,12-,13+/m0/s1. The Bertz CT molecular complexity index is 1020. The quantitative estimate of drug-likeness (QED) is 0.688. The van der Waals surface area contributed by atoms with Crippen LogP contribution in [0.3, 0.4) is 0 Å². The van der Waals surface area contributed by atoms with Gasteiger partial charge in [-0.2, -0.15) is 0 Å². The molecule has 2 aromatic heterocycles. The predicted octanol–water partition coefficient (Wildman–Crippen LogP) is 4.15. The topological polar surface area (TPSA) is 62.4 Å². The second kappa shape index (κ2) is 7.38. The molecule has 1 aliphatic carbocycles. The summed E-state index contributed by atoms with van der Waals surface area (Å²) >= 11 is 7.69. The van der Waals surface area contributed by atoms with Crippen LogP contribution in [0, 0.1) is 5.92 Å². The van der Waals surface area contributed by atoms with Gasteiger partial charge in [0.2, 0.25) is 0 Å². The van der Waals surface area contributed by atoms with Crippen molar-refractivity contribution < 1.29 is 5.32 Å². The van der Waals surface area contributed by atoms with Crippen LogP contribution in [0.2, 0.25) is 5.02 Å². The number of aromatic amines is 1. The molecule has 0 amide bonds. The van der Waals surface area contributed by atoms with E-state index in [1.807, 2.05) is 24.3 Å². The van der Waals surface area contributed by atoms with Crippen LogP contribution in [-0.2, 0) is 12.8 Å². The van der Waals surface area contributed by atoms with E-state index in [0.717, 1.165) is 40.3 Å². The molecule has 4 rings (SSSR count). The SMILES string of the molecule is C[C@H]1CCc2c(sc3nc([C@@H](C)[NH2+][C@@H](C)c4ccc(Cl)cc4)[nH]c(=O)c23)C1. The lowest BCUT2D eigenvalue weighted by Gasteiger charge is -2.17. The molecule has 0 radical (unpaired) electrons. The summed E-state index contributed by atoms with van der Waals surface area (Å²) in [6, 6.07) is 8.22. The highest BCUT2D eigenvalue weighted by Crippen LogP contribution is 2.35. The van der Waals surface area contributed by atoms with Crippen molar-refractivity contribution >= 4 is 33.2 Å². The monoisotopic (exact) mass is 402 g/mol. The van der Waals surface area contributed by atoms with Gasteiger partial charge in [0.25, 0.3) is 5.56 Å². The van der Waals surface area contributed by atoms with Crippen LogP contribution in [0.15, 0.2) is 29.1 Å². The first kappa shape index (κ1) is 18.7. The molecule has 4 nitrogen and oxygen atoms in total. The maximum atomic E-state index is 12.8. The molecule has 0 saturated carbocycles. The molecule has 142 valence electrons. The van der Waals surface area contributed by atoms with Crippen molar-refractivity contribution in [3.63, 3.8) is 0 Å². The zero-order chi connectivity index (χ0) is 19.1. The van der Waals surface area contributed by atoms with Gasteiger partial charge in [-0.05, 0) is 56.7 Å². The molecule has 0 spiro atoms. The summed E-state index contributed by atoms with van der Waals surface area (Å²) in [6.45, 7) is 6.53. The second-order valence-electron chi connectivity index (χ2n) is 7.80. The Hall–Kier alpha value is -1.69. The second-order valence-corrected chi connectivity index (χ2v) is 9.32. The van der Waals surface area contributed by atoms with E-state index in [0.29, 0.717) is 5.92 Å². The lowest BCUT2D eigenvalue weighted by molar-refractivity contribution is -0.729. The minimum atomic E-state index is 0.0152. The lowest BCUT2D eigenvalue weighted by atomic mass is 9.89. The van der Waals surface area contributed by atoms with Crippen LogP contribution in [0.4, 0.5) is 0 Å². The molecule has 0 bridgehead atoms. The number of thiophene rings is 1. The van der Waals surface area contributed by atoms with Crippen molar-refractivity contribution in [3.8, 4) is 0 Å². The maximum absolute atomic E-state index is 12.8. The molecule has 1 aliphatic rings. The third-order valence-corrected chi connectivity index (χ3v) is 6.99.